The molecular weight excluding hydrogens is 226 g/mol. The van der Waals surface area contributed by atoms with Crippen molar-refractivity contribution < 1.29 is 9.53 Å². The monoisotopic (exact) mass is 247 g/mol. The number of piperidine rings is 1. The van der Waals surface area contributed by atoms with Gasteiger partial charge in [0.05, 0.1) is 0 Å². The zero-order valence-electron chi connectivity index (χ0n) is 11.0. The van der Waals surface area contributed by atoms with Crippen molar-refractivity contribution >= 4 is 6.29 Å². The van der Waals surface area contributed by atoms with Crippen LogP contribution in [0.3, 0.4) is 0 Å². The Labute approximate surface area is 109 Å². The second-order valence-corrected chi connectivity index (χ2v) is 5.08. The number of hydrogen-bond acceptors (Lipinski definition) is 3. The Morgan fingerprint density at radius 1 is 1.39 bits per heavy atom. The molecule has 0 aliphatic carbocycles. The molecule has 0 unspecified atom stereocenters. The van der Waals surface area contributed by atoms with Crippen LogP contribution in [0.25, 0.3) is 0 Å². The lowest BCUT2D eigenvalue weighted by atomic mass is 10.0. The summed E-state index contributed by atoms with van der Waals surface area (Å²) in [7, 11) is 0. The van der Waals surface area contributed by atoms with Gasteiger partial charge in [0.1, 0.15) is 18.6 Å². The maximum absolute atomic E-state index is 10.5. The van der Waals surface area contributed by atoms with Gasteiger partial charge in [-0.2, -0.15) is 0 Å². The summed E-state index contributed by atoms with van der Waals surface area (Å²) in [5.41, 5.74) is 0.687. The number of hydrogen-bond donors (Lipinski definition) is 0. The number of ether oxygens (including phenoxy) is 1. The van der Waals surface area contributed by atoms with E-state index in [2.05, 4.69) is 11.8 Å². The predicted octanol–water partition coefficient (Wildman–Crippen LogP) is 2.61. The molecule has 1 fully saturated rings. The van der Waals surface area contributed by atoms with Gasteiger partial charge in [-0.15, -0.1) is 0 Å². The average Bonchev–Trinajstić information content (AvgIpc) is 2.40. The van der Waals surface area contributed by atoms with Gasteiger partial charge in [0.25, 0.3) is 0 Å². The Hall–Kier alpha value is -1.35. The Morgan fingerprint density at radius 3 is 2.83 bits per heavy atom. The molecule has 1 aromatic carbocycles. The van der Waals surface area contributed by atoms with E-state index in [4.69, 9.17) is 4.74 Å². The summed E-state index contributed by atoms with van der Waals surface area (Å²) in [6, 6.07) is 7.27. The fourth-order valence-electron chi connectivity index (χ4n) is 2.43. The molecule has 1 atom stereocenters. The smallest absolute Gasteiger partial charge is 0.150 e. The molecule has 1 aromatic rings. The molecule has 0 radical (unpaired) electrons. The first kappa shape index (κ1) is 13.1. The van der Waals surface area contributed by atoms with E-state index in [9.17, 15) is 4.79 Å². The lowest BCUT2D eigenvalue weighted by molar-refractivity contribution is 0.112. The van der Waals surface area contributed by atoms with Crippen molar-refractivity contribution in [3.63, 3.8) is 0 Å². The molecular formula is C15H21NO2. The van der Waals surface area contributed by atoms with Crippen molar-refractivity contribution in [1.29, 1.82) is 0 Å². The van der Waals surface area contributed by atoms with Gasteiger partial charge in [0, 0.05) is 18.7 Å². The van der Waals surface area contributed by atoms with Crippen LogP contribution < -0.4 is 4.74 Å². The minimum atomic E-state index is 0.687. The zero-order valence-corrected chi connectivity index (χ0v) is 11.0. The molecule has 0 spiro atoms. The van der Waals surface area contributed by atoms with E-state index >= 15 is 0 Å². The number of aldehydes is 1. The summed E-state index contributed by atoms with van der Waals surface area (Å²) in [4.78, 5) is 13.0. The summed E-state index contributed by atoms with van der Waals surface area (Å²) in [6.07, 6.45) is 3.50. The van der Waals surface area contributed by atoms with Crippen molar-refractivity contribution in [2.45, 2.75) is 19.8 Å². The molecule has 0 N–H and O–H groups in total. The third kappa shape index (κ3) is 3.84. The van der Waals surface area contributed by atoms with Gasteiger partial charge < -0.3 is 4.74 Å². The van der Waals surface area contributed by atoms with E-state index in [-0.39, 0.29) is 0 Å². The Bertz CT molecular complexity index is 375. The van der Waals surface area contributed by atoms with Gasteiger partial charge in [-0.25, -0.2) is 0 Å². The minimum absolute atomic E-state index is 0.687. The zero-order chi connectivity index (χ0) is 12.8. The standard InChI is InChI=1S/C15H21NO2/c1-13-3-2-8-16(11-13)9-10-18-15-6-4-14(12-17)5-7-15/h4-7,12-13H,2-3,8-11H2,1H3/t13-/m0/s1. The van der Waals surface area contributed by atoms with Gasteiger partial charge in [-0.1, -0.05) is 6.92 Å². The van der Waals surface area contributed by atoms with Crippen LogP contribution in [-0.2, 0) is 0 Å². The second kappa shape index (κ2) is 6.55. The van der Waals surface area contributed by atoms with Gasteiger partial charge in [0.2, 0.25) is 0 Å². The van der Waals surface area contributed by atoms with E-state index in [0.29, 0.717) is 12.2 Å². The molecule has 0 saturated carbocycles. The van der Waals surface area contributed by atoms with Crippen LogP contribution >= 0.6 is 0 Å². The minimum Gasteiger partial charge on any atom is -0.492 e. The molecule has 2 rings (SSSR count). The van der Waals surface area contributed by atoms with Crippen LogP contribution in [0.4, 0.5) is 0 Å². The summed E-state index contributed by atoms with van der Waals surface area (Å²) < 4.78 is 5.69. The van der Waals surface area contributed by atoms with Crippen LogP contribution in [-0.4, -0.2) is 37.4 Å². The Kier molecular flexibility index (Phi) is 4.76. The molecule has 18 heavy (non-hydrogen) atoms. The molecule has 0 amide bonds. The second-order valence-electron chi connectivity index (χ2n) is 5.08. The van der Waals surface area contributed by atoms with Crippen LogP contribution in [0.1, 0.15) is 30.1 Å². The highest BCUT2D eigenvalue weighted by molar-refractivity contribution is 5.74. The first-order valence-corrected chi connectivity index (χ1v) is 6.68. The van der Waals surface area contributed by atoms with Crippen molar-refractivity contribution in [2.75, 3.05) is 26.2 Å². The molecule has 1 aliphatic rings. The maximum Gasteiger partial charge on any atom is 0.150 e. The van der Waals surface area contributed by atoms with E-state index in [1.165, 1.54) is 25.9 Å². The highest BCUT2D eigenvalue weighted by Crippen LogP contribution is 2.15. The normalized spacial score (nSPS) is 20.6. The van der Waals surface area contributed by atoms with Gasteiger partial charge in [-0.3, -0.25) is 9.69 Å². The van der Waals surface area contributed by atoms with Crippen molar-refractivity contribution in [1.82, 2.24) is 4.90 Å². The average molecular weight is 247 g/mol. The van der Waals surface area contributed by atoms with E-state index in [1.807, 2.05) is 12.1 Å². The van der Waals surface area contributed by atoms with E-state index in [1.54, 1.807) is 12.1 Å². The Balaban J connectivity index is 1.72. The van der Waals surface area contributed by atoms with Crippen molar-refractivity contribution in [3.05, 3.63) is 29.8 Å². The SMILES string of the molecule is C[C@H]1CCCN(CCOc2ccc(C=O)cc2)C1. The third-order valence-electron chi connectivity index (χ3n) is 3.43. The number of carbonyl (C=O) groups is 1. The highest BCUT2D eigenvalue weighted by Gasteiger charge is 2.15. The summed E-state index contributed by atoms with van der Waals surface area (Å²) in [5, 5.41) is 0. The van der Waals surface area contributed by atoms with Gasteiger partial charge in [-0.05, 0) is 49.6 Å². The van der Waals surface area contributed by atoms with Crippen LogP contribution in [0.15, 0.2) is 24.3 Å². The lowest BCUT2D eigenvalue weighted by Crippen LogP contribution is -2.37. The maximum atomic E-state index is 10.5. The first-order chi connectivity index (χ1) is 8.78. The molecule has 0 bridgehead atoms. The third-order valence-corrected chi connectivity index (χ3v) is 3.43. The Morgan fingerprint density at radius 2 is 2.17 bits per heavy atom. The molecule has 0 aromatic heterocycles. The summed E-state index contributed by atoms with van der Waals surface area (Å²) in [6.45, 7) is 6.39. The number of likely N-dealkylation sites (tertiary alicyclic amines) is 1. The van der Waals surface area contributed by atoms with E-state index in [0.717, 1.165) is 24.5 Å². The number of carbonyl (C=O) groups excluding carboxylic acids is 1. The first-order valence-electron chi connectivity index (χ1n) is 6.68. The molecule has 1 saturated heterocycles. The molecule has 3 heteroatoms. The molecule has 1 aliphatic heterocycles. The fourth-order valence-corrected chi connectivity index (χ4v) is 2.43. The van der Waals surface area contributed by atoms with Crippen molar-refractivity contribution in [2.24, 2.45) is 5.92 Å². The predicted molar refractivity (Wildman–Crippen MR) is 72.2 cm³/mol. The summed E-state index contributed by atoms with van der Waals surface area (Å²) >= 11 is 0. The van der Waals surface area contributed by atoms with Crippen LogP contribution in [0.2, 0.25) is 0 Å². The van der Waals surface area contributed by atoms with E-state index < -0.39 is 0 Å². The summed E-state index contributed by atoms with van der Waals surface area (Å²) in [5.74, 6) is 1.65. The van der Waals surface area contributed by atoms with Crippen LogP contribution in [0.5, 0.6) is 5.75 Å². The number of rotatable bonds is 5. The van der Waals surface area contributed by atoms with Crippen LogP contribution in [0, 0.1) is 5.92 Å². The molecule has 98 valence electrons. The van der Waals surface area contributed by atoms with Crippen molar-refractivity contribution in [3.8, 4) is 5.75 Å². The molecule has 1 heterocycles. The number of benzene rings is 1. The van der Waals surface area contributed by atoms with Gasteiger partial charge in [0.15, 0.2) is 0 Å². The topological polar surface area (TPSA) is 29.5 Å². The lowest BCUT2D eigenvalue weighted by Gasteiger charge is -2.30. The van der Waals surface area contributed by atoms with Gasteiger partial charge >= 0.3 is 0 Å². The number of nitrogens with zero attached hydrogens (tertiary/aromatic N) is 1. The fraction of sp³-hybridized carbons (Fsp3) is 0.533. The largest absolute Gasteiger partial charge is 0.492 e. The highest BCUT2D eigenvalue weighted by atomic mass is 16.5. The molecule has 3 nitrogen and oxygen atoms in total. The quantitative estimate of drug-likeness (QED) is 0.749.